The van der Waals surface area contributed by atoms with Crippen molar-refractivity contribution in [3.8, 4) is 101 Å². The van der Waals surface area contributed by atoms with Crippen LogP contribution in [0.15, 0.2) is 279 Å². The van der Waals surface area contributed by atoms with Crippen molar-refractivity contribution in [2.24, 2.45) is 0 Å². The van der Waals surface area contributed by atoms with Crippen LogP contribution < -0.4 is 0 Å². The summed E-state index contributed by atoms with van der Waals surface area (Å²) in [5, 5.41) is 0. The Bertz CT molecular complexity index is 5680. The highest BCUT2D eigenvalue weighted by molar-refractivity contribution is 6.05. The molecule has 18 rings (SSSR count). The zero-order chi connectivity index (χ0) is 64.9. The summed E-state index contributed by atoms with van der Waals surface area (Å²) in [5.41, 5.74) is 30.7. The van der Waals surface area contributed by atoms with E-state index < -0.39 is 0 Å². The Balaban J connectivity index is 0.997. The third-order valence-corrected chi connectivity index (χ3v) is 18.6. The zero-order valence-corrected chi connectivity index (χ0v) is 53.0. The fraction of sp³-hybridized carbons (Fsp3) is 0. The minimum Gasteiger partial charge on any atom is -0.354 e. The minimum absolute atomic E-state index is 0.762. The molecule has 0 amide bonds. The normalized spacial score (nSPS) is 12.0. The van der Waals surface area contributed by atoms with Gasteiger partial charge in [0.15, 0.2) is 0 Å². The van der Waals surface area contributed by atoms with E-state index in [0.717, 1.165) is 190 Å². The Morgan fingerprint density at radius 1 is 0.184 bits per heavy atom. The van der Waals surface area contributed by atoms with E-state index in [1.54, 1.807) is 0 Å². The number of fused-ring (bicyclic) bond motifs is 16. The third-order valence-electron chi connectivity index (χ3n) is 18.6. The fourth-order valence-corrected chi connectivity index (χ4v) is 14.2. The Hall–Kier alpha value is -13.5. The molecule has 8 aromatic carbocycles. The van der Waals surface area contributed by atoms with Crippen LogP contribution in [0.1, 0.15) is 56.7 Å². The number of aromatic amines is 4. The lowest BCUT2D eigenvalue weighted by atomic mass is 10.0. The number of benzene rings is 8. The average molecular weight is 1250 g/mol. The molecule has 0 unspecified atom stereocenters. The van der Waals surface area contributed by atoms with Crippen molar-refractivity contribution in [3.05, 3.63) is 336 Å². The number of nitrogens with zero attached hydrogens (tertiary/aromatic N) is 4. The lowest BCUT2D eigenvalue weighted by molar-refractivity contribution is 1.31. The topological polar surface area (TPSA) is 115 Å². The summed E-state index contributed by atoms with van der Waals surface area (Å²) in [6, 6.07) is 97.4. The Morgan fingerprint density at radius 3 is 0.582 bits per heavy atom. The first-order valence-electron chi connectivity index (χ1n) is 32.9. The summed E-state index contributed by atoms with van der Waals surface area (Å²) >= 11 is 0. The number of rotatable bonds is 8. The van der Waals surface area contributed by atoms with Gasteiger partial charge in [-0.15, -0.1) is 0 Å². The van der Waals surface area contributed by atoms with Gasteiger partial charge >= 0.3 is 0 Å². The molecule has 4 N–H and O–H groups in total. The van der Waals surface area contributed by atoms with Gasteiger partial charge in [-0.25, -0.2) is 19.9 Å². The predicted molar refractivity (Wildman–Crippen MR) is 407 cm³/mol. The van der Waals surface area contributed by atoms with Crippen LogP contribution in [0.25, 0.3) is 182 Å². The Labute approximate surface area is 565 Å². The fourth-order valence-electron chi connectivity index (χ4n) is 14.2. The monoisotopic (exact) mass is 1250 g/mol. The quantitative estimate of drug-likeness (QED) is 0.113. The number of hydrogen-bond donors (Lipinski definition) is 4. The van der Waals surface area contributed by atoms with Crippen LogP contribution in [0.5, 0.6) is 0 Å². The second kappa shape index (κ2) is 24.4. The van der Waals surface area contributed by atoms with E-state index in [0.29, 0.717) is 0 Å². The molecule has 4 aliphatic heterocycles. The Morgan fingerprint density at radius 2 is 0.367 bits per heavy atom. The number of nitrogens with one attached hydrogen (secondary N) is 4. The van der Waals surface area contributed by atoms with Gasteiger partial charge in [0.25, 0.3) is 0 Å². The van der Waals surface area contributed by atoms with Crippen molar-refractivity contribution < 1.29 is 0 Å². The molecule has 14 aromatic rings. The molecule has 8 heteroatoms. The molecule has 0 radical (unpaired) electrons. The maximum Gasteiger partial charge on any atom is 0.0737 e. The Kier molecular flexibility index (Phi) is 14.3. The number of H-pyrrole nitrogens is 4. The van der Waals surface area contributed by atoms with Crippen LogP contribution in [0.3, 0.4) is 0 Å². The van der Waals surface area contributed by atoms with Crippen molar-refractivity contribution in [2.75, 3.05) is 0 Å². The first-order chi connectivity index (χ1) is 48.6. The molecule has 6 aromatic heterocycles. The molecule has 8 nitrogen and oxygen atoms in total. The van der Waals surface area contributed by atoms with Gasteiger partial charge < -0.3 is 19.9 Å². The van der Waals surface area contributed by atoms with Gasteiger partial charge in [0, 0.05) is 77.6 Å². The number of hydrogen-bond acceptors (Lipinski definition) is 4. The highest BCUT2D eigenvalue weighted by Crippen LogP contribution is 2.43. The second-order valence-corrected chi connectivity index (χ2v) is 24.6. The molecule has 98 heavy (non-hydrogen) atoms. The van der Waals surface area contributed by atoms with Crippen LogP contribution in [-0.2, 0) is 0 Å². The van der Waals surface area contributed by atoms with Crippen LogP contribution in [0.2, 0.25) is 0 Å². The summed E-state index contributed by atoms with van der Waals surface area (Å²) < 4.78 is 0. The molecule has 0 saturated carbocycles. The van der Waals surface area contributed by atoms with E-state index in [1.165, 1.54) is 0 Å². The van der Waals surface area contributed by atoms with Gasteiger partial charge in [-0.05, 0) is 130 Å². The third kappa shape index (κ3) is 10.4. The highest BCUT2D eigenvalue weighted by Gasteiger charge is 2.24. The molecule has 458 valence electrons. The predicted octanol–water partition coefficient (Wildman–Crippen LogP) is 22.4. The van der Waals surface area contributed by atoms with E-state index in [1.807, 2.05) is 0 Å². The lowest BCUT2D eigenvalue weighted by Crippen LogP contribution is -1.90. The second-order valence-electron chi connectivity index (χ2n) is 24.6. The van der Waals surface area contributed by atoms with Crippen molar-refractivity contribution in [2.45, 2.75) is 0 Å². The highest BCUT2D eigenvalue weighted by atomic mass is 14.8. The van der Waals surface area contributed by atoms with Gasteiger partial charge in [0.1, 0.15) is 0 Å². The standard InChI is InChI=1S/C90H58N8/c1-9-25-57(26-10-1)81-67-43-45-69(91-67)83(59-29-13-3-14-30-59)73-51-53-77(95-73)87(63-37-21-7-22-38-63)89-65(55-79(97-89)85(61-33-17-5-18-34-61)75-49-47-71(81)93-75)41-42-66-56-80-86(62-35-19-6-20-36-62)76-50-48-72(94-76)82(58-27-11-2-12-28-58)68-44-46-70(92-68)84(60-31-15-4-16-32-60)74-52-54-78(96-74)88(90(66)98-80)64-39-23-8-24-40-64/h1-40,43-56,91-92,97-98H. The van der Waals surface area contributed by atoms with E-state index >= 15 is 0 Å². The van der Waals surface area contributed by atoms with Gasteiger partial charge in [0.05, 0.1) is 67.7 Å². The van der Waals surface area contributed by atoms with Crippen molar-refractivity contribution >= 4 is 92.7 Å². The van der Waals surface area contributed by atoms with Gasteiger partial charge in [-0.2, -0.15) is 0 Å². The summed E-state index contributed by atoms with van der Waals surface area (Å²) in [5.74, 6) is 7.82. The summed E-state index contributed by atoms with van der Waals surface area (Å²) in [6.07, 6.45) is 17.2. The smallest absolute Gasteiger partial charge is 0.0737 e. The zero-order valence-electron chi connectivity index (χ0n) is 53.0. The van der Waals surface area contributed by atoms with Crippen molar-refractivity contribution in [1.82, 2.24) is 39.9 Å². The van der Waals surface area contributed by atoms with Crippen LogP contribution in [-0.4, -0.2) is 39.9 Å². The first kappa shape index (κ1) is 57.2. The average Bonchev–Trinajstić information content (AvgIpc) is 1.61. The summed E-state index contributed by atoms with van der Waals surface area (Å²) in [6.45, 7) is 0. The molecule has 0 atom stereocenters. The van der Waals surface area contributed by atoms with Gasteiger partial charge in [-0.1, -0.05) is 254 Å². The maximum absolute atomic E-state index is 5.69. The minimum atomic E-state index is 0.762. The molecule has 0 spiro atoms. The van der Waals surface area contributed by atoms with Crippen LogP contribution in [0, 0.1) is 11.8 Å². The summed E-state index contributed by atoms with van der Waals surface area (Å²) in [7, 11) is 0. The molecule has 0 saturated heterocycles. The van der Waals surface area contributed by atoms with Crippen LogP contribution >= 0.6 is 0 Å². The van der Waals surface area contributed by atoms with E-state index in [2.05, 4.69) is 359 Å². The van der Waals surface area contributed by atoms with E-state index in [-0.39, 0.29) is 0 Å². The SMILES string of the molecule is C(#Cc1cc2[nH]c1c(-c1ccccc1)c1nc(c(-c3ccccc3)c3ccc([nH]3)c(-c3ccccc3)c3nc(c2-c2ccccc2)C=C3)C=C1)c1cc2[nH]c1c(-c1ccccc1)c1nc(c(-c3ccccc3)c3ccc([nH]3)c(-c3ccccc3)c3nc(c2-c2ccccc2)C=C3)C=C1. The van der Waals surface area contributed by atoms with Crippen LogP contribution in [0.4, 0.5) is 0 Å². The van der Waals surface area contributed by atoms with Gasteiger partial charge in [0.2, 0.25) is 0 Å². The molecule has 0 aliphatic carbocycles. The lowest BCUT2D eigenvalue weighted by Gasteiger charge is -2.07. The van der Waals surface area contributed by atoms with Gasteiger partial charge in [-0.3, -0.25) is 0 Å². The molecule has 16 bridgehead atoms. The van der Waals surface area contributed by atoms with Crippen molar-refractivity contribution in [1.29, 1.82) is 0 Å². The molecular weight excluding hydrogens is 1190 g/mol. The molecule has 10 heterocycles. The van der Waals surface area contributed by atoms with E-state index in [9.17, 15) is 0 Å². The number of aromatic nitrogens is 8. The first-order valence-corrected chi connectivity index (χ1v) is 32.9. The summed E-state index contributed by atoms with van der Waals surface area (Å²) in [4.78, 5) is 38.6. The van der Waals surface area contributed by atoms with Crippen molar-refractivity contribution in [3.63, 3.8) is 0 Å². The van der Waals surface area contributed by atoms with E-state index in [4.69, 9.17) is 19.9 Å². The molecule has 4 aliphatic rings. The largest absolute Gasteiger partial charge is 0.354 e. The molecule has 0 fully saturated rings. The maximum atomic E-state index is 5.69. The molecular formula is C90H58N8.